The number of anilines is 1. The number of nitrogens with one attached hydrogen (secondary N) is 1. The fraction of sp³-hybridized carbons (Fsp3) is 0.458. The zero-order valence-corrected chi connectivity index (χ0v) is 19.1. The summed E-state index contributed by atoms with van der Waals surface area (Å²) in [6.07, 6.45) is 3.30. The Balaban J connectivity index is 1.57. The number of rotatable bonds is 7. The van der Waals surface area contributed by atoms with Crippen molar-refractivity contribution in [2.24, 2.45) is 5.92 Å². The second-order valence-corrected chi connectivity index (χ2v) is 9.67. The monoisotopic (exact) mass is 430 g/mol. The van der Waals surface area contributed by atoms with Crippen molar-refractivity contribution in [1.29, 1.82) is 0 Å². The summed E-state index contributed by atoms with van der Waals surface area (Å²) in [5.74, 6) is 0.909. The van der Waals surface area contributed by atoms with Crippen LogP contribution in [0.15, 0.2) is 53.4 Å². The van der Waals surface area contributed by atoms with Crippen LogP contribution >= 0.6 is 23.4 Å². The van der Waals surface area contributed by atoms with Crippen LogP contribution in [0.1, 0.15) is 51.6 Å². The normalized spacial score (nSPS) is 17.0. The van der Waals surface area contributed by atoms with Crippen LogP contribution in [-0.2, 0) is 4.79 Å². The van der Waals surface area contributed by atoms with E-state index in [1.54, 1.807) is 11.8 Å². The van der Waals surface area contributed by atoms with E-state index in [4.69, 9.17) is 11.6 Å². The molecule has 0 bridgehead atoms. The Morgan fingerprint density at radius 2 is 1.76 bits per heavy atom. The van der Waals surface area contributed by atoms with Gasteiger partial charge in [-0.05, 0) is 74.1 Å². The molecule has 3 rings (SSSR count). The highest BCUT2D eigenvalue weighted by atomic mass is 35.5. The summed E-state index contributed by atoms with van der Waals surface area (Å²) in [6, 6.07) is 16.3. The maximum absolute atomic E-state index is 12.8. The number of halogens is 1. The van der Waals surface area contributed by atoms with E-state index in [1.165, 1.54) is 18.5 Å². The molecule has 1 heterocycles. The Kier molecular flexibility index (Phi) is 7.91. The zero-order valence-electron chi connectivity index (χ0n) is 17.5. The molecule has 29 heavy (non-hydrogen) atoms. The molecule has 0 saturated carbocycles. The second-order valence-electron chi connectivity index (χ2n) is 7.96. The SMILES string of the molecule is CC[C@H](Sc1ccc(Cl)cc1)C(=O)N[C@@H](C)c1ccc(N2CCC(C)CC2)cc1. The third kappa shape index (κ3) is 6.16. The van der Waals surface area contributed by atoms with Gasteiger partial charge in [-0.2, -0.15) is 0 Å². The van der Waals surface area contributed by atoms with Crippen molar-refractivity contribution in [1.82, 2.24) is 5.32 Å². The first kappa shape index (κ1) is 22.0. The van der Waals surface area contributed by atoms with Crippen LogP contribution in [0.3, 0.4) is 0 Å². The molecule has 1 fully saturated rings. The van der Waals surface area contributed by atoms with Gasteiger partial charge >= 0.3 is 0 Å². The molecule has 0 aromatic heterocycles. The van der Waals surface area contributed by atoms with Gasteiger partial charge in [0.05, 0.1) is 11.3 Å². The Labute approximate surface area is 184 Å². The van der Waals surface area contributed by atoms with Gasteiger partial charge in [0.25, 0.3) is 0 Å². The minimum Gasteiger partial charge on any atom is -0.372 e. The summed E-state index contributed by atoms with van der Waals surface area (Å²) in [5, 5.41) is 3.78. The molecule has 2 aromatic rings. The van der Waals surface area contributed by atoms with E-state index in [-0.39, 0.29) is 17.2 Å². The van der Waals surface area contributed by atoms with Crippen molar-refractivity contribution in [2.75, 3.05) is 18.0 Å². The lowest BCUT2D eigenvalue weighted by molar-refractivity contribution is -0.121. The molecule has 1 saturated heterocycles. The molecular weight excluding hydrogens is 400 g/mol. The van der Waals surface area contributed by atoms with Crippen LogP contribution in [0, 0.1) is 5.92 Å². The van der Waals surface area contributed by atoms with E-state index >= 15 is 0 Å². The van der Waals surface area contributed by atoms with Crippen LogP contribution < -0.4 is 10.2 Å². The molecule has 0 unspecified atom stereocenters. The third-order valence-electron chi connectivity index (χ3n) is 5.66. The summed E-state index contributed by atoms with van der Waals surface area (Å²) in [7, 11) is 0. The van der Waals surface area contributed by atoms with Crippen LogP contribution in [0.25, 0.3) is 0 Å². The molecule has 0 aliphatic carbocycles. The largest absolute Gasteiger partial charge is 0.372 e. The Bertz CT molecular complexity index is 786. The average Bonchev–Trinajstić information content (AvgIpc) is 2.74. The lowest BCUT2D eigenvalue weighted by Crippen LogP contribution is -2.34. The van der Waals surface area contributed by atoms with Crippen LogP contribution in [0.2, 0.25) is 5.02 Å². The molecule has 5 heteroatoms. The van der Waals surface area contributed by atoms with E-state index in [0.717, 1.165) is 35.9 Å². The number of piperidine rings is 1. The standard InChI is InChI=1S/C24H31ClN2OS/c1-4-23(29-22-11-7-20(25)8-12-22)24(28)26-18(3)19-5-9-21(10-6-19)27-15-13-17(2)14-16-27/h5-12,17-18,23H,4,13-16H2,1-3H3,(H,26,28)/t18-,23-/m0/s1. The van der Waals surface area contributed by atoms with Gasteiger partial charge in [-0.1, -0.05) is 37.6 Å². The van der Waals surface area contributed by atoms with Crippen LogP contribution in [-0.4, -0.2) is 24.2 Å². The first-order valence-electron chi connectivity index (χ1n) is 10.5. The number of nitrogens with zero attached hydrogens (tertiary/aromatic N) is 1. The molecular formula is C24H31ClN2OS. The number of benzene rings is 2. The first-order valence-corrected chi connectivity index (χ1v) is 11.8. The van der Waals surface area contributed by atoms with Gasteiger partial charge in [0, 0.05) is 28.7 Å². The van der Waals surface area contributed by atoms with E-state index in [9.17, 15) is 4.79 Å². The number of carbonyl (C=O) groups excluding carboxylic acids is 1. The highest BCUT2D eigenvalue weighted by Gasteiger charge is 2.21. The Morgan fingerprint density at radius 3 is 2.34 bits per heavy atom. The second kappa shape index (κ2) is 10.4. The summed E-state index contributed by atoms with van der Waals surface area (Å²) >= 11 is 7.54. The quantitative estimate of drug-likeness (QED) is 0.521. The fourth-order valence-electron chi connectivity index (χ4n) is 3.63. The van der Waals surface area contributed by atoms with E-state index in [0.29, 0.717) is 5.02 Å². The predicted molar refractivity (Wildman–Crippen MR) is 125 cm³/mol. The molecule has 1 amide bonds. The lowest BCUT2D eigenvalue weighted by atomic mass is 9.98. The highest BCUT2D eigenvalue weighted by molar-refractivity contribution is 8.00. The molecule has 1 aliphatic heterocycles. The summed E-state index contributed by atoms with van der Waals surface area (Å²) < 4.78 is 0. The molecule has 156 valence electrons. The average molecular weight is 431 g/mol. The predicted octanol–water partition coefficient (Wildman–Crippen LogP) is 6.32. The van der Waals surface area contributed by atoms with Crippen molar-refractivity contribution in [2.45, 2.75) is 56.2 Å². The minimum absolute atomic E-state index is 0.0159. The summed E-state index contributed by atoms with van der Waals surface area (Å²) in [4.78, 5) is 16.3. The Morgan fingerprint density at radius 1 is 1.14 bits per heavy atom. The van der Waals surface area contributed by atoms with E-state index in [2.05, 4.69) is 48.3 Å². The molecule has 1 N–H and O–H groups in total. The first-order chi connectivity index (χ1) is 14.0. The fourth-order valence-corrected chi connectivity index (χ4v) is 4.72. The van der Waals surface area contributed by atoms with Crippen LogP contribution in [0.4, 0.5) is 5.69 Å². The van der Waals surface area contributed by atoms with Crippen molar-refractivity contribution >= 4 is 35.0 Å². The van der Waals surface area contributed by atoms with Crippen molar-refractivity contribution in [3.8, 4) is 0 Å². The number of thioether (sulfide) groups is 1. The van der Waals surface area contributed by atoms with Gasteiger partial charge in [0.2, 0.25) is 5.91 Å². The smallest absolute Gasteiger partial charge is 0.233 e. The summed E-state index contributed by atoms with van der Waals surface area (Å²) in [6.45, 7) is 8.70. The van der Waals surface area contributed by atoms with Crippen molar-refractivity contribution in [3.63, 3.8) is 0 Å². The molecule has 2 atom stereocenters. The van der Waals surface area contributed by atoms with Crippen LogP contribution in [0.5, 0.6) is 0 Å². The van der Waals surface area contributed by atoms with Gasteiger partial charge in [0.15, 0.2) is 0 Å². The topological polar surface area (TPSA) is 32.3 Å². The minimum atomic E-state index is -0.117. The maximum atomic E-state index is 12.8. The molecule has 3 nitrogen and oxygen atoms in total. The lowest BCUT2D eigenvalue weighted by Gasteiger charge is -2.32. The van der Waals surface area contributed by atoms with Gasteiger partial charge < -0.3 is 10.2 Å². The molecule has 1 aliphatic rings. The van der Waals surface area contributed by atoms with Crippen molar-refractivity contribution < 1.29 is 4.79 Å². The zero-order chi connectivity index (χ0) is 20.8. The molecule has 0 spiro atoms. The van der Waals surface area contributed by atoms with Gasteiger partial charge in [-0.15, -0.1) is 11.8 Å². The number of hydrogen-bond acceptors (Lipinski definition) is 3. The van der Waals surface area contributed by atoms with Gasteiger partial charge in [-0.25, -0.2) is 0 Å². The van der Waals surface area contributed by atoms with Gasteiger partial charge in [-0.3, -0.25) is 4.79 Å². The number of carbonyl (C=O) groups is 1. The van der Waals surface area contributed by atoms with E-state index in [1.807, 2.05) is 31.2 Å². The molecule has 2 aromatic carbocycles. The van der Waals surface area contributed by atoms with Crippen molar-refractivity contribution in [3.05, 3.63) is 59.1 Å². The van der Waals surface area contributed by atoms with E-state index < -0.39 is 0 Å². The highest BCUT2D eigenvalue weighted by Crippen LogP contribution is 2.28. The number of hydrogen-bond donors (Lipinski definition) is 1. The van der Waals surface area contributed by atoms with Gasteiger partial charge in [0.1, 0.15) is 0 Å². The Hall–Kier alpha value is -1.65. The molecule has 0 radical (unpaired) electrons. The summed E-state index contributed by atoms with van der Waals surface area (Å²) in [5.41, 5.74) is 2.42. The number of amides is 1. The maximum Gasteiger partial charge on any atom is 0.233 e. The third-order valence-corrected chi connectivity index (χ3v) is 7.28.